The summed E-state index contributed by atoms with van der Waals surface area (Å²) in [4.78, 5) is 26.8. The topological polar surface area (TPSA) is 65.1 Å². The number of hydrogen-bond donors (Lipinski definition) is 0. The molecule has 0 radical (unpaired) electrons. The van der Waals surface area contributed by atoms with Gasteiger partial charge in [-0.05, 0) is 80.1 Å². The Hall–Kier alpha value is -3.51. The maximum Gasteiger partial charge on any atom is 0.338 e. The smallest absolute Gasteiger partial charge is 0.338 e. The minimum Gasteiger partial charge on any atom is -0.494 e. The first-order valence-corrected chi connectivity index (χ1v) is 11.1. The molecule has 0 spiro atoms. The molecule has 0 saturated carbocycles. The zero-order valence-corrected chi connectivity index (χ0v) is 19.1. The summed E-state index contributed by atoms with van der Waals surface area (Å²) in [7, 11) is 0. The zero-order chi connectivity index (χ0) is 23.4. The number of halogens is 1. The predicted octanol–water partition coefficient (Wildman–Crippen LogP) is 5.45. The number of esters is 1. The molecule has 0 aliphatic carbocycles. The van der Waals surface area contributed by atoms with Gasteiger partial charge in [-0.2, -0.15) is 0 Å². The fraction of sp³-hybridized carbons (Fsp3) is 0.231. The normalized spacial score (nSPS) is 17.3. The van der Waals surface area contributed by atoms with Crippen LogP contribution in [0.2, 0.25) is 5.02 Å². The largest absolute Gasteiger partial charge is 0.494 e. The van der Waals surface area contributed by atoms with Gasteiger partial charge < -0.3 is 14.2 Å². The van der Waals surface area contributed by atoms with Gasteiger partial charge in [-0.15, -0.1) is 0 Å². The minimum atomic E-state index is -0.700. The summed E-state index contributed by atoms with van der Waals surface area (Å²) in [5.74, 6) is 0.747. The van der Waals surface area contributed by atoms with Crippen LogP contribution >= 0.6 is 11.6 Å². The van der Waals surface area contributed by atoms with Crippen LogP contribution in [-0.2, 0) is 9.53 Å². The first-order chi connectivity index (χ1) is 16.0. The number of nitrogens with zero attached hydrogens (tertiary/aromatic N) is 1. The Morgan fingerprint density at radius 3 is 2.12 bits per heavy atom. The van der Waals surface area contributed by atoms with E-state index in [1.165, 1.54) is 0 Å². The van der Waals surface area contributed by atoms with E-state index in [9.17, 15) is 9.59 Å². The van der Waals surface area contributed by atoms with E-state index in [0.29, 0.717) is 35.2 Å². The highest BCUT2D eigenvalue weighted by molar-refractivity contribution is 6.30. The monoisotopic (exact) mass is 465 g/mol. The van der Waals surface area contributed by atoms with Gasteiger partial charge in [0.15, 0.2) is 0 Å². The van der Waals surface area contributed by atoms with Crippen LogP contribution in [0.15, 0.2) is 72.8 Å². The van der Waals surface area contributed by atoms with E-state index >= 15 is 0 Å². The molecule has 0 unspecified atom stereocenters. The van der Waals surface area contributed by atoms with Gasteiger partial charge in [0.1, 0.15) is 17.5 Å². The summed E-state index contributed by atoms with van der Waals surface area (Å²) >= 11 is 5.97. The minimum absolute atomic E-state index is 0.173. The second kappa shape index (κ2) is 9.96. The van der Waals surface area contributed by atoms with Crippen molar-refractivity contribution in [3.63, 3.8) is 0 Å². The van der Waals surface area contributed by atoms with Crippen LogP contribution in [0.1, 0.15) is 35.8 Å². The van der Waals surface area contributed by atoms with Crippen LogP contribution < -0.4 is 14.4 Å². The van der Waals surface area contributed by atoms with Gasteiger partial charge in [-0.3, -0.25) is 9.69 Å². The van der Waals surface area contributed by atoms with Crippen molar-refractivity contribution in [3.05, 3.63) is 88.9 Å². The SMILES string of the molecule is CCOC(=O)c1ccc(N2C(=O)[C@@H](Oc3ccc(Cl)cc3)[C@H]2c2ccc(OCC)cc2)cc1. The molecule has 2 atom stereocenters. The van der Waals surface area contributed by atoms with Crippen molar-refractivity contribution in [2.45, 2.75) is 26.0 Å². The van der Waals surface area contributed by atoms with Crippen molar-refractivity contribution < 1.29 is 23.8 Å². The third-order valence-electron chi connectivity index (χ3n) is 5.31. The molecule has 1 aliphatic rings. The second-order valence-electron chi connectivity index (χ2n) is 7.41. The van der Waals surface area contributed by atoms with Crippen molar-refractivity contribution >= 4 is 29.2 Å². The summed E-state index contributed by atoms with van der Waals surface area (Å²) in [6.45, 7) is 4.56. The summed E-state index contributed by atoms with van der Waals surface area (Å²) in [6.07, 6.45) is -0.700. The molecule has 170 valence electrons. The Bertz CT molecular complexity index is 1110. The van der Waals surface area contributed by atoms with Crippen LogP contribution in [0.4, 0.5) is 5.69 Å². The molecular formula is C26H24ClNO5. The lowest BCUT2D eigenvalue weighted by molar-refractivity contribution is -0.135. The molecular weight excluding hydrogens is 442 g/mol. The van der Waals surface area contributed by atoms with E-state index in [2.05, 4.69) is 0 Å². The van der Waals surface area contributed by atoms with Crippen molar-refractivity contribution in [3.8, 4) is 11.5 Å². The van der Waals surface area contributed by atoms with Gasteiger partial charge >= 0.3 is 5.97 Å². The number of carbonyl (C=O) groups excluding carboxylic acids is 2. The van der Waals surface area contributed by atoms with Gasteiger partial charge in [0, 0.05) is 10.7 Å². The lowest BCUT2D eigenvalue weighted by Crippen LogP contribution is -2.61. The number of anilines is 1. The number of hydrogen-bond acceptors (Lipinski definition) is 5. The van der Waals surface area contributed by atoms with Crippen LogP contribution in [0.3, 0.4) is 0 Å². The number of rotatable bonds is 8. The van der Waals surface area contributed by atoms with Crippen molar-refractivity contribution in [2.24, 2.45) is 0 Å². The van der Waals surface area contributed by atoms with E-state index in [1.807, 2.05) is 31.2 Å². The van der Waals surface area contributed by atoms with Gasteiger partial charge in [0.25, 0.3) is 5.91 Å². The van der Waals surface area contributed by atoms with Crippen LogP contribution in [0, 0.1) is 0 Å². The summed E-state index contributed by atoms with van der Waals surface area (Å²) in [5.41, 5.74) is 2.01. The van der Waals surface area contributed by atoms with E-state index in [-0.39, 0.29) is 11.9 Å². The first-order valence-electron chi connectivity index (χ1n) is 10.8. The molecule has 3 aromatic carbocycles. The third-order valence-corrected chi connectivity index (χ3v) is 5.56. The lowest BCUT2D eigenvalue weighted by Gasteiger charge is -2.46. The molecule has 7 heteroatoms. The Morgan fingerprint density at radius 2 is 1.52 bits per heavy atom. The number of β-lactam (4-membered cyclic amide) rings is 1. The number of carbonyl (C=O) groups is 2. The van der Waals surface area contributed by atoms with Crippen molar-refractivity contribution in [2.75, 3.05) is 18.1 Å². The van der Waals surface area contributed by atoms with Gasteiger partial charge in [-0.25, -0.2) is 4.79 Å². The first kappa shape index (κ1) is 22.7. The Kier molecular flexibility index (Phi) is 6.84. The van der Waals surface area contributed by atoms with E-state index in [1.54, 1.807) is 60.4 Å². The predicted molar refractivity (Wildman–Crippen MR) is 126 cm³/mol. The molecule has 4 rings (SSSR count). The fourth-order valence-electron chi connectivity index (χ4n) is 3.75. The van der Waals surface area contributed by atoms with E-state index in [0.717, 1.165) is 11.3 Å². The molecule has 6 nitrogen and oxygen atoms in total. The molecule has 1 amide bonds. The van der Waals surface area contributed by atoms with Gasteiger partial charge in [-0.1, -0.05) is 23.7 Å². The fourth-order valence-corrected chi connectivity index (χ4v) is 3.88. The maximum atomic E-state index is 13.2. The lowest BCUT2D eigenvalue weighted by atomic mass is 9.89. The van der Waals surface area contributed by atoms with Gasteiger partial charge in [0.2, 0.25) is 6.10 Å². The highest BCUT2D eigenvalue weighted by atomic mass is 35.5. The summed E-state index contributed by atoms with van der Waals surface area (Å²) in [5, 5.41) is 0.591. The molecule has 1 aliphatic heterocycles. The summed E-state index contributed by atoms with van der Waals surface area (Å²) < 4.78 is 16.6. The maximum absolute atomic E-state index is 13.2. The molecule has 0 aromatic heterocycles. The molecule has 3 aromatic rings. The second-order valence-corrected chi connectivity index (χ2v) is 7.85. The quantitative estimate of drug-likeness (QED) is 0.327. The Morgan fingerprint density at radius 1 is 0.879 bits per heavy atom. The Labute approximate surface area is 197 Å². The Balaban J connectivity index is 1.62. The van der Waals surface area contributed by atoms with Crippen molar-refractivity contribution in [1.29, 1.82) is 0 Å². The third kappa shape index (κ3) is 4.81. The number of amides is 1. The average molecular weight is 466 g/mol. The van der Waals surface area contributed by atoms with Crippen LogP contribution in [0.25, 0.3) is 0 Å². The highest BCUT2D eigenvalue weighted by Gasteiger charge is 2.51. The standard InChI is InChI=1S/C26H24ClNO5/c1-3-31-21-13-7-17(8-14-21)23-24(33-22-15-9-19(27)10-16-22)25(29)28(23)20-11-5-18(6-12-20)26(30)32-4-2/h5-16,23-24H,3-4H2,1-2H3/t23-,24+/m1/s1. The molecule has 1 saturated heterocycles. The molecule has 33 heavy (non-hydrogen) atoms. The molecule has 0 bridgehead atoms. The van der Waals surface area contributed by atoms with Crippen LogP contribution in [0.5, 0.6) is 11.5 Å². The molecule has 1 heterocycles. The molecule has 0 N–H and O–H groups in total. The number of ether oxygens (including phenoxy) is 3. The van der Waals surface area contributed by atoms with Gasteiger partial charge in [0.05, 0.1) is 18.8 Å². The van der Waals surface area contributed by atoms with E-state index < -0.39 is 12.1 Å². The van der Waals surface area contributed by atoms with Crippen molar-refractivity contribution in [1.82, 2.24) is 0 Å². The highest BCUT2D eigenvalue weighted by Crippen LogP contribution is 2.41. The van der Waals surface area contributed by atoms with Crippen LogP contribution in [-0.4, -0.2) is 31.2 Å². The van der Waals surface area contributed by atoms with E-state index in [4.69, 9.17) is 25.8 Å². The average Bonchev–Trinajstić information content (AvgIpc) is 2.83. The number of benzene rings is 3. The zero-order valence-electron chi connectivity index (χ0n) is 18.4. The molecule has 1 fully saturated rings. The summed E-state index contributed by atoms with van der Waals surface area (Å²) in [6, 6.07) is 21.0.